The van der Waals surface area contributed by atoms with Crippen LogP contribution in [0, 0.1) is 12.8 Å². The van der Waals surface area contributed by atoms with E-state index in [0.717, 1.165) is 46.4 Å². The molecule has 1 aromatic heterocycles. The van der Waals surface area contributed by atoms with Gasteiger partial charge in [0.15, 0.2) is 5.82 Å². The van der Waals surface area contributed by atoms with E-state index >= 15 is 0 Å². The summed E-state index contributed by atoms with van der Waals surface area (Å²) in [7, 11) is 0. The largest absolute Gasteiger partial charge is 0.354 e. The van der Waals surface area contributed by atoms with Gasteiger partial charge in [-0.1, -0.05) is 42.1 Å². The number of amides is 1. The van der Waals surface area contributed by atoms with Gasteiger partial charge in [-0.05, 0) is 49.6 Å². The molecule has 1 fully saturated rings. The first-order valence-electron chi connectivity index (χ1n) is 9.85. The van der Waals surface area contributed by atoms with Crippen LogP contribution in [0.3, 0.4) is 0 Å². The molecule has 0 saturated carbocycles. The quantitative estimate of drug-likeness (QED) is 0.662. The van der Waals surface area contributed by atoms with Gasteiger partial charge in [0.25, 0.3) is 0 Å². The van der Waals surface area contributed by atoms with Crippen LogP contribution in [0.15, 0.2) is 76.9 Å². The highest BCUT2D eigenvalue weighted by Gasteiger charge is 2.28. The standard InChI is InChI=1S/C23H24N4OS/c1-17-7-5-9-19(15-17)26-22(28)18-8-6-14-27(16-18)21-23(25-13-12-24-21)29-20-10-3-2-4-11-20/h2-5,7,9-13,15,18H,6,8,14,16H2,1H3,(H,26,28)/t18-/m0/s1. The fourth-order valence-corrected chi connectivity index (χ4v) is 4.46. The zero-order chi connectivity index (χ0) is 20.1. The molecular weight excluding hydrogens is 380 g/mol. The van der Waals surface area contributed by atoms with E-state index in [9.17, 15) is 4.79 Å². The summed E-state index contributed by atoms with van der Waals surface area (Å²) in [6.45, 7) is 3.56. The predicted molar refractivity (Wildman–Crippen MR) is 117 cm³/mol. The molecule has 1 atom stereocenters. The summed E-state index contributed by atoms with van der Waals surface area (Å²) in [5.41, 5.74) is 1.99. The number of aryl methyl sites for hydroxylation is 1. The van der Waals surface area contributed by atoms with Gasteiger partial charge < -0.3 is 10.2 Å². The molecule has 2 aromatic carbocycles. The molecule has 5 nitrogen and oxygen atoms in total. The Morgan fingerprint density at radius 2 is 1.93 bits per heavy atom. The van der Waals surface area contributed by atoms with Gasteiger partial charge in [0.2, 0.25) is 5.91 Å². The van der Waals surface area contributed by atoms with E-state index in [1.54, 1.807) is 24.2 Å². The summed E-state index contributed by atoms with van der Waals surface area (Å²) < 4.78 is 0. The minimum absolute atomic E-state index is 0.0687. The zero-order valence-electron chi connectivity index (χ0n) is 16.4. The molecule has 29 heavy (non-hydrogen) atoms. The van der Waals surface area contributed by atoms with Crippen molar-refractivity contribution in [2.24, 2.45) is 5.92 Å². The summed E-state index contributed by atoms with van der Waals surface area (Å²) in [6.07, 6.45) is 5.29. The lowest BCUT2D eigenvalue weighted by Crippen LogP contribution is -2.41. The topological polar surface area (TPSA) is 58.1 Å². The number of piperidine rings is 1. The maximum absolute atomic E-state index is 12.9. The lowest BCUT2D eigenvalue weighted by molar-refractivity contribution is -0.120. The van der Waals surface area contributed by atoms with E-state index in [1.807, 2.05) is 49.4 Å². The Bertz CT molecular complexity index is 979. The molecule has 1 saturated heterocycles. The summed E-state index contributed by atoms with van der Waals surface area (Å²) in [5.74, 6) is 0.858. The summed E-state index contributed by atoms with van der Waals surface area (Å²) in [4.78, 5) is 25.3. The molecule has 0 radical (unpaired) electrons. The maximum Gasteiger partial charge on any atom is 0.229 e. The van der Waals surface area contributed by atoms with Gasteiger partial charge in [-0.2, -0.15) is 0 Å². The molecule has 1 aliphatic rings. The van der Waals surface area contributed by atoms with Crippen molar-refractivity contribution in [3.63, 3.8) is 0 Å². The Hall–Kier alpha value is -2.86. The Labute approximate surface area is 175 Å². The van der Waals surface area contributed by atoms with Crippen molar-refractivity contribution in [3.05, 3.63) is 72.6 Å². The van der Waals surface area contributed by atoms with E-state index in [1.165, 1.54) is 0 Å². The number of hydrogen-bond acceptors (Lipinski definition) is 5. The van der Waals surface area contributed by atoms with E-state index in [0.29, 0.717) is 6.54 Å². The van der Waals surface area contributed by atoms with Crippen LogP contribution in [0.5, 0.6) is 0 Å². The molecular formula is C23H24N4OS. The fourth-order valence-electron chi connectivity index (χ4n) is 3.56. The minimum Gasteiger partial charge on any atom is -0.354 e. The number of nitrogens with zero attached hydrogens (tertiary/aromatic N) is 3. The molecule has 1 aliphatic heterocycles. The summed E-state index contributed by atoms with van der Waals surface area (Å²) in [5, 5.41) is 3.95. The van der Waals surface area contributed by atoms with Crippen molar-refractivity contribution in [2.45, 2.75) is 29.7 Å². The second-order valence-corrected chi connectivity index (χ2v) is 8.31. The molecule has 3 aromatic rings. The normalized spacial score (nSPS) is 16.4. The first kappa shape index (κ1) is 19.5. The predicted octanol–water partition coefficient (Wildman–Crippen LogP) is 4.79. The highest BCUT2D eigenvalue weighted by Crippen LogP contribution is 2.34. The van der Waals surface area contributed by atoms with Crippen LogP contribution in [0.2, 0.25) is 0 Å². The number of hydrogen-bond donors (Lipinski definition) is 1. The Morgan fingerprint density at radius 1 is 1.10 bits per heavy atom. The minimum atomic E-state index is -0.0687. The Kier molecular flexibility index (Phi) is 6.10. The molecule has 0 bridgehead atoms. The monoisotopic (exact) mass is 404 g/mol. The molecule has 0 aliphatic carbocycles. The Morgan fingerprint density at radius 3 is 2.76 bits per heavy atom. The average Bonchev–Trinajstić information content (AvgIpc) is 2.75. The van der Waals surface area contributed by atoms with Crippen LogP contribution in [-0.2, 0) is 4.79 Å². The van der Waals surface area contributed by atoms with Gasteiger partial charge in [0.05, 0.1) is 5.92 Å². The third-order valence-electron chi connectivity index (χ3n) is 4.98. The number of nitrogens with one attached hydrogen (secondary N) is 1. The van der Waals surface area contributed by atoms with Crippen LogP contribution in [-0.4, -0.2) is 29.0 Å². The van der Waals surface area contributed by atoms with Crippen molar-refractivity contribution in [2.75, 3.05) is 23.3 Å². The van der Waals surface area contributed by atoms with Crippen molar-refractivity contribution >= 4 is 29.2 Å². The summed E-state index contributed by atoms with van der Waals surface area (Å²) in [6, 6.07) is 18.1. The molecule has 4 rings (SSSR count). The van der Waals surface area contributed by atoms with Crippen LogP contribution < -0.4 is 10.2 Å². The van der Waals surface area contributed by atoms with Crippen molar-refractivity contribution in [3.8, 4) is 0 Å². The second-order valence-electron chi connectivity index (χ2n) is 7.24. The second kappa shape index (κ2) is 9.09. The lowest BCUT2D eigenvalue weighted by atomic mass is 9.97. The first-order valence-corrected chi connectivity index (χ1v) is 10.7. The van der Waals surface area contributed by atoms with Crippen molar-refractivity contribution in [1.29, 1.82) is 0 Å². The molecule has 2 heterocycles. The Balaban J connectivity index is 1.48. The number of aromatic nitrogens is 2. The third kappa shape index (κ3) is 4.95. The first-order chi connectivity index (χ1) is 14.2. The SMILES string of the molecule is Cc1cccc(NC(=O)[C@H]2CCCN(c3nccnc3Sc3ccccc3)C2)c1. The van der Waals surface area contributed by atoms with Crippen LogP contribution >= 0.6 is 11.8 Å². The number of benzene rings is 2. The molecule has 1 amide bonds. The van der Waals surface area contributed by atoms with Gasteiger partial charge in [0, 0.05) is 36.1 Å². The van der Waals surface area contributed by atoms with E-state index in [-0.39, 0.29) is 11.8 Å². The van der Waals surface area contributed by atoms with Crippen molar-refractivity contribution in [1.82, 2.24) is 9.97 Å². The van der Waals surface area contributed by atoms with Gasteiger partial charge in [-0.15, -0.1) is 0 Å². The van der Waals surface area contributed by atoms with Crippen LogP contribution in [0.25, 0.3) is 0 Å². The highest BCUT2D eigenvalue weighted by atomic mass is 32.2. The highest BCUT2D eigenvalue weighted by molar-refractivity contribution is 7.99. The average molecular weight is 405 g/mol. The van der Waals surface area contributed by atoms with Crippen LogP contribution in [0.4, 0.5) is 11.5 Å². The van der Waals surface area contributed by atoms with Crippen molar-refractivity contribution < 1.29 is 4.79 Å². The van der Waals surface area contributed by atoms with Gasteiger partial charge in [-0.3, -0.25) is 4.79 Å². The van der Waals surface area contributed by atoms with Gasteiger partial charge >= 0.3 is 0 Å². The van der Waals surface area contributed by atoms with Gasteiger partial charge in [-0.25, -0.2) is 9.97 Å². The van der Waals surface area contributed by atoms with Gasteiger partial charge in [0.1, 0.15) is 5.03 Å². The molecule has 148 valence electrons. The number of carbonyl (C=O) groups excluding carboxylic acids is 1. The fraction of sp³-hybridized carbons (Fsp3) is 0.261. The van der Waals surface area contributed by atoms with Crippen LogP contribution in [0.1, 0.15) is 18.4 Å². The smallest absolute Gasteiger partial charge is 0.229 e. The number of anilines is 2. The zero-order valence-corrected chi connectivity index (χ0v) is 17.2. The maximum atomic E-state index is 12.9. The third-order valence-corrected chi connectivity index (χ3v) is 5.97. The van der Waals surface area contributed by atoms with E-state index < -0.39 is 0 Å². The molecule has 1 N–H and O–H groups in total. The van der Waals surface area contributed by atoms with E-state index in [2.05, 4.69) is 32.3 Å². The number of carbonyl (C=O) groups is 1. The molecule has 0 spiro atoms. The number of rotatable bonds is 5. The van der Waals surface area contributed by atoms with E-state index in [4.69, 9.17) is 0 Å². The summed E-state index contributed by atoms with van der Waals surface area (Å²) >= 11 is 1.61. The molecule has 0 unspecified atom stereocenters. The lowest BCUT2D eigenvalue weighted by Gasteiger charge is -2.33. The molecule has 6 heteroatoms.